The van der Waals surface area contributed by atoms with Crippen molar-refractivity contribution in [3.8, 4) is 0 Å². The molecule has 0 aromatic carbocycles. The summed E-state index contributed by atoms with van der Waals surface area (Å²) in [4.78, 5) is 10.9. The van der Waals surface area contributed by atoms with Crippen LogP contribution in [-0.2, 0) is 9.47 Å². The second kappa shape index (κ2) is 7.48. The third-order valence-electron chi connectivity index (χ3n) is 2.26. The van der Waals surface area contributed by atoms with Crippen LogP contribution in [0.1, 0.15) is 19.8 Å². The Hall–Kier alpha value is -0.810. The van der Waals surface area contributed by atoms with Crippen LogP contribution in [0.2, 0.25) is 0 Å². The largest absolute Gasteiger partial charge is 0.450 e. The Morgan fingerprint density at radius 1 is 1.53 bits per heavy atom. The van der Waals surface area contributed by atoms with E-state index in [1.165, 1.54) is 0 Å². The zero-order valence-corrected chi connectivity index (χ0v) is 9.25. The molecule has 1 rings (SSSR count). The molecular formula is C10H20N2O3. The van der Waals surface area contributed by atoms with Gasteiger partial charge in [0.25, 0.3) is 0 Å². The Morgan fingerprint density at radius 3 is 3.07 bits per heavy atom. The SMILES string of the molecule is CCOC(=O)NCCNC1CCCOC1. The van der Waals surface area contributed by atoms with Gasteiger partial charge < -0.3 is 20.1 Å². The van der Waals surface area contributed by atoms with Crippen molar-refractivity contribution in [2.24, 2.45) is 0 Å². The summed E-state index contributed by atoms with van der Waals surface area (Å²) in [7, 11) is 0. The Bertz CT molecular complexity index is 182. The molecule has 1 fully saturated rings. The maximum Gasteiger partial charge on any atom is 0.407 e. The van der Waals surface area contributed by atoms with Crippen molar-refractivity contribution in [1.29, 1.82) is 0 Å². The molecule has 1 aliphatic heterocycles. The van der Waals surface area contributed by atoms with Crippen LogP contribution in [0.25, 0.3) is 0 Å². The minimum atomic E-state index is -0.348. The monoisotopic (exact) mass is 216 g/mol. The second-order valence-electron chi connectivity index (χ2n) is 3.52. The van der Waals surface area contributed by atoms with E-state index >= 15 is 0 Å². The van der Waals surface area contributed by atoms with Crippen LogP contribution in [-0.4, -0.2) is 45.0 Å². The Kier molecular flexibility index (Phi) is 6.11. The highest BCUT2D eigenvalue weighted by atomic mass is 16.5. The fourth-order valence-electron chi connectivity index (χ4n) is 1.52. The third-order valence-corrected chi connectivity index (χ3v) is 2.26. The smallest absolute Gasteiger partial charge is 0.407 e. The van der Waals surface area contributed by atoms with E-state index < -0.39 is 0 Å². The maximum absolute atomic E-state index is 10.9. The molecule has 1 heterocycles. The van der Waals surface area contributed by atoms with Gasteiger partial charge in [0.15, 0.2) is 0 Å². The molecule has 15 heavy (non-hydrogen) atoms. The molecule has 0 bridgehead atoms. The molecule has 1 unspecified atom stereocenters. The number of amides is 1. The number of ether oxygens (including phenoxy) is 2. The first-order valence-electron chi connectivity index (χ1n) is 5.54. The molecule has 5 nitrogen and oxygen atoms in total. The lowest BCUT2D eigenvalue weighted by Gasteiger charge is -2.23. The van der Waals surface area contributed by atoms with Crippen molar-refractivity contribution in [2.45, 2.75) is 25.8 Å². The molecule has 0 radical (unpaired) electrons. The van der Waals surface area contributed by atoms with Crippen molar-refractivity contribution in [1.82, 2.24) is 10.6 Å². The zero-order chi connectivity index (χ0) is 10.9. The molecule has 88 valence electrons. The fraction of sp³-hybridized carbons (Fsp3) is 0.900. The highest BCUT2D eigenvalue weighted by Gasteiger charge is 2.12. The van der Waals surface area contributed by atoms with Gasteiger partial charge in [-0.25, -0.2) is 4.79 Å². The van der Waals surface area contributed by atoms with E-state index in [0.29, 0.717) is 19.2 Å². The molecule has 5 heteroatoms. The lowest BCUT2D eigenvalue weighted by Crippen LogP contribution is -2.41. The summed E-state index contributed by atoms with van der Waals surface area (Å²) in [5.41, 5.74) is 0. The average Bonchev–Trinajstić information content (AvgIpc) is 2.26. The van der Waals surface area contributed by atoms with Gasteiger partial charge in [0.05, 0.1) is 13.2 Å². The molecule has 0 aliphatic carbocycles. The number of hydrogen-bond donors (Lipinski definition) is 2. The van der Waals surface area contributed by atoms with E-state index in [1.807, 2.05) is 0 Å². The summed E-state index contributed by atoms with van der Waals surface area (Å²) >= 11 is 0. The van der Waals surface area contributed by atoms with E-state index in [9.17, 15) is 4.79 Å². The summed E-state index contributed by atoms with van der Waals surface area (Å²) in [6.45, 7) is 5.20. The topological polar surface area (TPSA) is 59.6 Å². The van der Waals surface area contributed by atoms with Gasteiger partial charge in [-0.05, 0) is 19.8 Å². The van der Waals surface area contributed by atoms with Gasteiger partial charge in [0.1, 0.15) is 0 Å². The van der Waals surface area contributed by atoms with Gasteiger partial charge >= 0.3 is 6.09 Å². The molecule has 1 atom stereocenters. The standard InChI is InChI=1S/C10H20N2O3/c1-2-15-10(13)12-6-5-11-9-4-3-7-14-8-9/h9,11H,2-8H2,1H3,(H,12,13). The van der Waals surface area contributed by atoms with Gasteiger partial charge in [-0.1, -0.05) is 0 Å². The van der Waals surface area contributed by atoms with E-state index in [0.717, 1.165) is 32.6 Å². The molecular weight excluding hydrogens is 196 g/mol. The first-order valence-corrected chi connectivity index (χ1v) is 5.54. The summed E-state index contributed by atoms with van der Waals surface area (Å²) in [6, 6.07) is 0.433. The first-order chi connectivity index (χ1) is 7.33. The fourth-order valence-corrected chi connectivity index (χ4v) is 1.52. The van der Waals surface area contributed by atoms with Crippen molar-refractivity contribution in [3.05, 3.63) is 0 Å². The molecule has 0 aromatic heterocycles. The highest BCUT2D eigenvalue weighted by Crippen LogP contribution is 2.04. The van der Waals surface area contributed by atoms with E-state index in [1.54, 1.807) is 6.92 Å². The molecule has 1 amide bonds. The lowest BCUT2D eigenvalue weighted by molar-refractivity contribution is 0.0706. The quantitative estimate of drug-likeness (QED) is 0.657. The normalized spacial score (nSPS) is 21.0. The molecule has 1 aliphatic rings. The summed E-state index contributed by atoms with van der Waals surface area (Å²) < 4.78 is 10.1. The number of nitrogens with one attached hydrogen (secondary N) is 2. The highest BCUT2D eigenvalue weighted by molar-refractivity contribution is 5.66. The predicted octanol–water partition coefficient (Wildman–Crippen LogP) is 0.501. The summed E-state index contributed by atoms with van der Waals surface area (Å²) in [5.74, 6) is 0. The molecule has 0 spiro atoms. The van der Waals surface area contributed by atoms with Crippen molar-refractivity contribution in [3.63, 3.8) is 0 Å². The molecule has 1 saturated heterocycles. The van der Waals surface area contributed by atoms with Gasteiger partial charge in [0, 0.05) is 25.7 Å². The molecule has 0 saturated carbocycles. The first kappa shape index (κ1) is 12.3. The third kappa shape index (κ3) is 5.59. The van der Waals surface area contributed by atoms with E-state index in [4.69, 9.17) is 9.47 Å². The number of carbonyl (C=O) groups excluding carboxylic acids is 1. The van der Waals surface area contributed by atoms with Crippen LogP contribution in [0.3, 0.4) is 0 Å². The van der Waals surface area contributed by atoms with Crippen molar-refractivity contribution < 1.29 is 14.3 Å². The summed E-state index contributed by atoms with van der Waals surface area (Å²) in [6.07, 6.45) is 1.92. The second-order valence-corrected chi connectivity index (χ2v) is 3.52. The van der Waals surface area contributed by atoms with Crippen molar-refractivity contribution >= 4 is 6.09 Å². The van der Waals surface area contributed by atoms with Gasteiger partial charge in [-0.15, -0.1) is 0 Å². The van der Waals surface area contributed by atoms with E-state index in [-0.39, 0.29) is 6.09 Å². The van der Waals surface area contributed by atoms with E-state index in [2.05, 4.69) is 10.6 Å². The van der Waals surface area contributed by atoms with Crippen LogP contribution >= 0.6 is 0 Å². The minimum Gasteiger partial charge on any atom is -0.450 e. The van der Waals surface area contributed by atoms with Crippen LogP contribution in [0, 0.1) is 0 Å². The Labute approximate surface area is 90.5 Å². The van der Waals surface area contributed by atoms with Crippen LogP contribution in [0.4, 0.5) is 4.79 Å². The molecule has 2 N–H and O–H groups in total. The number of carbonyl (C=O) groups is 1. The van der Waals surface area contributed by atoms with Gasteiger partial charge in [0.2, 0.25) is 0 Å². The molecule has 0 aromatic rings. The summed E-state index contributed by atoms with van der Waals surface area (Å²) in [5, 5.41) is 5.98. The maximum atomic E-state index is 10.9. The zero-order valence-electron chi connectivity index (χ0n) is 9.25. The number of alkyl carbamates (subject to hydrolysis) is 1. The average molecular weight is 216 g/mol. The van der Waals surface area contributed by atoms with Crippen LogP contribution < -0.4 is 10.6 Å². The predicted molar refractivity (Wildman–Crippen MR) is 56.9 cm³/mol. The van der Waals surface area contributed by atoms with Crippen molar-refractivity contribution in [2.75, 3.05) is 32.9 Å². The Balaban J connectivity index is 1.93. The number of hydrogen-bond acceptors (Lipinski definition) is 4. The van der Waals surface area contributed by atoms with Gasteiger partial charge in [-0.3, -0.25) is 0 Å². The number of rotatable bonds is 5. The minimum absolute atomic E-state index is 0.348. The van der Waals surface area contributed by atoms with Crippen LogP contribution in [0.5, 0.6) is 0 Å². The van der Waals surface area contributed by atoms with Gasteiger partial charge in [-0.2, -0.15) is 0 Å². The van der Waals surface area contributed by atoms with Crippen LogP contribution in [0.15, 0.2) is 0 Å². The lowest BCUT2D eigenvalue weighted by atomic mass is 10.1. The Morgan fingerprint density at radius 2 is 2.40 bits per heavy atom.